The molecule has 0 radical (unpaired) electrons. The Labute approximate surface area is 90.0 Å². The van der Waals surface area contributed by atoms with Gasteiger partial charge in [0.1, 0.15) is 0 Å². The summed E-state index contributed by atoms with van der Waals surface area (Å²) in [5.74, 6) is 0. The van der Waals surface area contributed by atoms with Crippen molar-refractivity contribution in [2.45, 2.75) is 27.7 Å². The molecule has 0 saturated carbocycles. The Morgan fingerprint density at radius 1 is 1.07 bits per heavy atom. The van der Waals surface area contributed by atoms with Crippen molar-refractivity contribution in [2.24, 2.45) is 0 Å². The smallest absolute Gasteiger partial charge is 0.255 e. The van der Waals surface area contributed by atoms with Crippen LogP contribution in [0.2, 0.25) is 0 Å². The third-order valence-electron chi connectivity index (χ3n) is 2.26. The lowest BCUT2D eigenvalue weighted by Crippen LogP contribution is -2.05. The van der Waals surface area contributed by atoms with Gasteiger partial charge in [-0.2, -0.15) is 0 Å². The van der Waals surface area contributed by atoms with E-state index < -0.39 is 0 Å². The molecule has 0 unspecified atom stereocenters. The Balaban J connectivity index is 0.000000531. The largest absolute Gasteiger partial charge is 0.328 e. The molecule has 2 aromatic rings. The lowest BCUT2D eigenvalue weighted by Gasteiger charge is -2.01. The van der Waals surface area contributed by atoms with Crippen LogP contribution in [0.5, 0.6) is 0 Å². The predicted octanol–water partition coefficient (Wildman–Crippen LogP) is 3.17. The first-order chi connectivity index (χ1) is 7.18. The Bertz CT molecular complexity index is 511. The van der Waals surface area contributed by atoms with Crippen LogP contribution in [-0.4, -0.2) is 4.98 Å². The Hall–Kier alpha value is -1.57. The first-order valence-electron chi connectivity index (χ1n) is 5.27. The highest BCUT2D eigenvalue weighted by Crippen LogP contribution is 2.14. The molecule has 80 valence electrons. The molecule has 0 aliphatic carbocycles. The van der Waals surface area contributed by atoms with E-state index in [4.69, 9.17) is 0 Å². The van der Waals surface area contributed by atoms with Crippen LogP contribution < -0.4 is 5.56 Å². The van der Waals surface area contributed by atoms with Crippen molar-refractivity contribution in [1.29, 1.82) is 0 Å². The quantitative estimate of drug-likeness (QED) is 0.701. The maximum absolute atomic E-state index is 11.4. The monoisotopic (exact) mass is 203 g/mol. The average molecular weight is 203 g/mol. The molecule has 0 aliphatic rings. The topological polar surface area (TPSA) is 32.9 Å². The van der Waals surface area contributed by atoms with Crippen molar-refractivity contribution in [2.75, 3.05) is 0 Å². The minimum Gasteiger partial charge on any atom is -0.328 e. The summed E-state index contributed by atoms with van der Waals surface area (Å²) in [6.07, 6.45) is 1.75. The molecule has 1 aromatic carbocycles. The summed E-state index contributed by atoms with van der Waals surface area (Å²) in [5, 5.41) is 1.81. The van der Waals surface area contributed by atoms with Crippen LogP contribution in [0.1, 0.15) is 25.0 Å². The molecule has 15 heavy (non-hydrogen) atoms. The van der Waals surface area contributed by atoms with Crippen molar-refractivity contribution in [3.8, 4) is 0 Å². The van der Waals surface area contributed by atoms with Gasteiger partial charge in [-0.25, -0.2) is 0 Å². The lowest BCUT2D eigenvalue weighted by atomic mass is 10.1. The van der Waals surface area contributed by atoms with Gasteiger partial charge >= 0.3 is 0 Å². The average Bonchev–Trinajstić information content (AvgIpc) is 2.27. The number of aryl methyl sites for hydroxylation is 2. The second-order valence-electron chi connectivity index (χ2n) is 3.35. The van der Waals surface area contributed by atoms with Crippen LogP contribution in [0.25, 0.3) is 10.8 Å². The Morgan fingerprint density at radius 2 is 1.73 bits per heavy atom. The molecule has 1 N–H and O–H groups in total. The molecule has 1 heterocycles. The number of nitrogens with one attached hydrogen (secondary N) is 1. The third kappa shape index (κ3) is 2.27. The Kier molecular flexibility index (Phi) is 3.67. The van der Waals surface area contributed by atoms with Crippen LogP contribution in [0.15, 0.2) is 29.2 Å². The summed E-state index contributed by atoms with van der Waals surface area (Å²) < 4.78 is 0. The molecule has 2 rings (SSSR count). The summed E-state index contributed by atoms with van der Waals surface area (Å²) in [6, 6.07) is 5.94. The van der Waals surface area contributed by atoms with E-state index in [1.807, 2.05) is 45.9 Å². The molecule has 0 atom stereocenters. The van der Waals surface area contributed by atoms with Crippen molar-refractivity contribution in [3.63, 3.8) is 0 Å². The van der Waals surface area contributed by atoms with E-state index in [1.54, 1.807) is 6.20 Å². The van der Waals surface area contributed by atoms with E-state index in [9.17, 15) is 4.79 Å². The minimum absolute atomic E-state index is 0.00991. The fourth-order valence-electron chi connectivity index (χ4n) is 1.52. The van der Waals surface area contributed by atoms with Gasteiger partial charge in [-0.3, -0.25) is 4.79 Å². The molecule has 2 nitrogen and oxygen atoms in total. The molecular formula is C13H17NO. The number of rotatable bonds is 0. The predicted molar refractivity (Wildman–Crippen MR) is 65.4 cm³/mol. The maximum atomic E-state index is 11.4. The zero-order chi connectivity index (χ0) is 11.4. The maximum Gasteiger partial charge on any atom is 0.255 e. The molecular weight excluding hydrogens is 186 g/mol. The number of hydrogen-bond acceptors (Lipinski definition) is 1. The number of aromatic nitrogens is 1. The minimum atomic E-state index is -0.00991. The Morgan fingerprint density at radius 3 is 2.40 bits per heavy atom. The van der Waals surface area contributed by atoms with Crippen LogP contribution in [0, 0.1) is 13.8 Å². The van der Waals surface area contributed by atoms with Gasteiger partial charge in [0.15, 0.2) is 0 Å². The number of pyridine rings is 1. The summed E-state index contributed by atoms with van der Waals surface area (Å²) in [7, 11) is 0. The van der Waals surface area contributed by atoms with Gasteiger partial charge in [-0.05, 0) is 30.9 Å². The number of H-pyrrole nitrogens is 1. The first kappa shape index (κ1) is 11.5. The molecule has 0 saturated heterocycles. The van der Waals surface area contributed by atoms with Crippen LogP contribution in [0.3, 0.4) is 0 Å². The van der Waals surface area contributed by atoms with Gasteiger partial charge in [-0.15, -0.1) is 0 Å². The molecule has 0 spiro atoms. The highest BCUT2D eigenvalue weighted by atomic mass is 16.1. The van der Waals surface area contributed by atoms with Crippen molar-refractivity contribution >= 4 is 10.8 Å². The van der Waals surface area contributed by atoms with Crippen LogP contribution in [0.4, 0.5) is 0 Å². The van der Waals surface area contributed by atoms with Crippen LogP contribution >= 0.6 is 0 Å². The highest BCUT2D eigenvalue weighted by molar-refractivity contribution is 5.84. The van der Waals surface area contributed by atoms with E-state index in [2.05, 4.69) is 4.98 Å². The van der Waals surface area contributed by atoms with Gasteiger partial charge in [-0.1, -0.05) is 31.5 Å². The molecule has 0 bridgehead atoms. The summed E-state index contributed by atoms with van der Waals surface area (Å²) in [5.41, 5.74) is 2.21. The fraction of sp³-hybridized carbons (Fsp3) is 0.308. The number of benzene rings is 1. The van der Waals surface area contributed by atoms with Gasteiger partial charge in [0, 0.05) is 11.6 Å². The molecule has 0 amide bonds. The third-order valence-corrected chi connectivity index (χ3v) is 2.26. The number of aromatic amines is 1. The second kappa shape index (κ2) is 4.78. The normalized spacial score (nSPS) is 9.60. The molecule has 0 aliphatic heterocycles. The molecule has 0 fully saturated rings. The first-order valence-corrected chi connectivity index (χ1v) is 5.27. The number of fused-ring (bicyclic) bond motifs is 1. The van der Waals surface area contributed by atoms with Crippen molar-refractivity contribution in [1.82, 2.24) is 4.98 Å². The number of hydrogen-bond donors (Lipinski definition) is 1. The summed E-state index contributed by atoms with van der Waals surface area (Å²) in [6.45, 7) is 7.98. The van der Waals surface area contributed by atoms with Gasteiger partial charge in [0.05, 0.1) is 0 Å². The molecule has 2 heteroatoms. The van der Waals surface area contributed by atoms with E-state index in [0.717, 1.165) is 21.9 Å². The fourth-order valence-corrected chi connectivity index (χ4v) is 1.52. The standard InChI is InChI=1S/C11H11NO.C2H6/c1-7-3-4-9-8(2)6-12-11(13)10(9)5-7;1-2/h3-6H,1-2H3,(H,12,13);1-2H3. The van der Waals surface area contributed by atoms with Crippen LogP contribution in [-0.2, 0) is 0 Å². The second-order valence-corrected chi connectivity index (χ2v) is 3.35. The highest BCUT2D eigenvalue weighted by Gasteiger charge is 2.00. The lowest BCUT2D eigenvalue weighted by molar-refractivity contribution is 1.24. The van der Waals surface area contributed by atoms with Gasteiger partial charge < -0.3 is 4.98 Å². The summed E-state index contributed by atoms with van der Waals surface area (Å²) >= 11 is 0. The molecule has 1 aromatic heterocycles. The van der Waals surface area contributed by atoms with E-state index in [0.29, 0.717) is 0 Å². The van der Waals surface area contributed by atoms with Gasteiger partial charge in [0.2, 0.25) is 0 Å². The zero-order valence-corrected chi connectivity index (χ0v) is 9.72. The van der Waals surface area contributed by atoms with E-state index >= 15 is 0 Å². The SMILES string of the molecule is CC.Cc1ccc2c(C)c[nH]c(=O)c2c1. The van der Waals surface area contributed by atoms with Crippen molar-refractivity contribution < 1.29 is 0 Å². The van der Waals surface area contributed by atoms with Gasteiger partial charge in [0.25, 0.3) is 5.56 Å². The van der Waals surface area contributed by atoms with Crippen molar-refractivity contribution in [3.05, 3.63) is 45.9 Å². The summed E-state index contributed by atoms with van der Waals surface area (Å²) in [4.78, 5) is 14.1. The zero-order valence-electron chi connectivity index (χ0n) is 9.72. The van der Waals surface area contributed by atoms with E-state index in [1.165, 1.54) is 0 Å². The van der Waals surface area contributed by atoms with E-state index in [-0.39, 0.29) is 5.56 Å².